The van der Waals surface area contributed by atoms with Gasteiger partial charge < -0.3 is 4.74 Å². The second-order valence-electron chi connectivity index (χ2n) is 4.39. The van der Waals surface area contributed by atoms with Crippen molar-refractivity contribution in [1.82, 2.24) is 4.98 Å². The Morgan fingerprint density at radius 3 is 2.28 bits per heavy atom. The molecule has 1 aromatic heterocycles. The average Bonchev–Trinajstić information content (AvgIpc) is 2.39. The first kappa shape index (κ1) is 14.2. The maximum absolute atomic E-state index is 5.18. The number of hydrogen-bond acceptors (Lipinski definition) is 2. The number of benzene rings is 1. The van der Waals surface area contributed by atoms with Gasteiger partial charge in [-0.25, -0.2) is 0 Å². The Morgan fingerprint density at radius 2 is 1.72 bits per heavy atom. The lowest BCUT2D eigenvalue weighted by Crippen LogP contribution is -1.88. The van der Waals surface area contributed by atoms with Crippen molar-refractivity contribution in [2.45, 2.75) is 27.2 Å². The molecule has 1 aromatic carbocycles. The zero-order valence-corrected chi connectivity index (χ0v) is 10.5. The van der Waals surface area contributed by atoms with Gasteiger partial charge in [-0.15, -0.1) is 0 Å². The Kier molecular flexibility index (Phi) is 4.90. The standard InChI is InChI=1S/C15H17NO.CH4.H2/c1-11(2)12-4-6-13(7-5-12)14-8-15(17-3)10-16-9-14;;/h4-11H,1-3H3;1H4;1H. The van der Waals surface area contributed by atoms with Crippen molar-refractivity contribution in [2.75, 3.05) is 7.11 Å². The summed E-state index contributed by atoms with van der Waals surface area (Å²) in [4.78, 5) is 4.16. The van der Waals surface area contributed by atoms with E-state index in [1.54, 1.807) is 13.3 Å². The van der Waals surface area contributed by atoms with E-state index >= 15 is 0 Å². The Labute approximate surface area is 111 Å². The molecule has 2 rings (SSSR count). The lowest BCUT2D eigenvalue weighted by molar-refractivity contribution is 0.413. The van der Waals surface area contributed by atoms with Crippen LogP contribution in [0.1, 0.15) is 34.2 Å². The number of nitrogens with zero attached hydrogens (tertiary/aromatic N) is 1. The second kappa shape index (κ2) is 6.20. The fourth-order valence-electron chi connectivity index (χ4n) is 1.75. The summed E-state index contributed by atoms with van der Waals surface area (Å²) in [6.45, 7) is 4.39. The molecule has 0 atom stereocenters. The highest BCUT2D eigenvalue weighted by molar-refractivity contribution is 5.64. The molecule has 0 N–H and O–H groups in total. The van der Waals surface area contributed by atoms with Crippen molar-refractivity contribution in [3.05, 3.63) is 48.3 Å². The minimum absolute atomic E-state index is 0. The fraction of sp³-hybridized carbons (Fsp3) is 0.312. The van der Waals surface area contributed by atoms with E-state index in [0.29, 0.717) is 5.92 Å². The van der Waals surface area contributed by atoms with Gasteiger partial charge in [-0.1, -0.05) is 45.5 Å². The summed E-state index contributed by atoms with van der Waals surface area (Å²) in [5.41, 5.74) is 3.60. The molecule has 0 saturated carbocycles. The number of pyridine rings is 1. The van der Waals surface area contributed by atoms with Crippen molar-refractivity contribution in [1.29, 1.82) is 0 Å². The van der Waals surface area contributed by atoms with Crippen LogP contribution in [0.15, 0.2) is 42.7 Å². The van der Waals surface area contributed by atoms with E-state index in [0.717, 1.165) is 11.3 Å². The topological polar surface area (TPSA) is 22.1 Å². The van der Waals surface area contributed by atoms with E-state index in [2.05, 4.69) is 43.1 Å². The second-order valence-corrected chi connectivity index (χ2v) is 4.39. The predicted molar refractivity (Wildman–Crippen MR) is 79.2 cm³/mol. The third-order valence-corrected chi connectivity index (χ3v) is 2.86. The number of ether oxygens (including phenoxy) is 1. The SMILES string of the molecule is C.COc1cncc(-c2ccc(C(C)C)cc2)c1.[HH]. The number of rotatable bonds is 3. The summed E-state index contributed by atoms with van der Waals surface area (Å²) >= 11 is 0. The van der Waals surface area contributed by atoms with Gasteiger partial charge in [0.15, 0.2) is 0 Å². The maximum atomic E-state index is 5.18. The Morgan fingerprint density at radius 1 is 1.06 bits per heavy atom. The van der Waals surface area contributed by atoms with Gasteiger partial charge in [-0.3, -0.25) is 4.98 Å². The summed E-state index contributed by atoms with van der Waals surface area (Å²) in [5.74, 6) is 1.35. The summed E-state index contributed by atoms with van der Waals surface area (Å²) in [5, 5.41) is 0. The quantitative estimate of drug-likeness (QED) is 0.777. The molecule has 18 heavy (non-hydrogen) atoms. The molecule has 98 valence electrons. The summed E-state index contributed by atoms with van der Waals surface area (Å²) in [6, 6.07) is 10.6. The van der Waals surface area contributed by atoms with Crippen LogP contribution in [-0.2, 0) is 0 Å². The average molecular weight is 245 g/mol. The summed E-state index contributed by atoms with van der Waals surface area (Å²) in [7, 11) is 1.66. The molecule has 2 heteroatoms. The minimum Gasteiger partial charge on any atom is -0.495 e. The van der Waals surface area contributed by atoms with Gasteiger partial charge >= 0.3 is 0 Å². The molecular formula is C16H23NO. The van der Waals surface area contributed by atoms with Gasteiger partial charge in [0.05, 0.1) is 13.3 Å². The van der Waals surface area contributed by atoms with Crippen LogP contribution in [0.25, 0.3) is 11.1 Å². The zero-order chi connectivity index (χ0) is 12.3. The number of methoxy groups -OCH3 is 1. The predicted octanol–water partition coefficient (Wildman–Crippen LogP) is 4.76. The van der Waals surface area contributed by atoms with E-state index in [-0.39, 0.29) is 8.85 Å². The zero-order valence-electron chi connectivity index (χ0n) is 10.5. The Bertz CT molecular complexity index is 494. The minimum atomic E-state index is 0. The molecule has 0 unspecified atom stereocenters. The largest absolute Gasteiger partial charge is 0.495 e. The van der Waals surface area contributed by atoms with E-state index in [9.17, 15) is 0 Å². The van der Waals surface area contributed by atoms with Crippen LogP contribution >= 0.6 is 0 Å². The summed E-state index contributed by atoms with van der Waals surface area (Å²) in [6.07, 6.45) is 3.57. The van der Waals surface area contributed by atoms with E-state index in [1.807, 2.05) is 12.3 Å². The van der Waals surface area contributed by atoms with Gasteiger partial charge in [0.2, 0.25) is 0 Å². The van der Waals surface area contributed by atoms with Crippen molar-refractivity contribution in [2.24, 2.45) is 0 Å². The van der Waals surface area contributed by atoms with E-state index in [4.69, 9.17) is 4.74 Å². The normalized spacial score (nSPS) is 10.0. The summed E-state index contributed by atoms with van der Waals surface area (Å²) < 4.78 is 5.18. The fourth-order valence-corrected chi connectivity index (χ4v) is 1.75. The van der Waals surface area contributed by atoms with Crippen LogP contribution in [-0.4, -0.2) is 12.1 Å². The van der Waals surface area contributed by atoms with Gasteiger partial charge in [0.1, 0.15) is 5.75 Å². The molecule has 0 aliphatic rings. The van der Waals surface area contributed by atoms with E-state index < -0.39 is 0 Å². The van der Waals surface area contributed by atoms with Crippen LogP contribution in [0.4, 0.5) is 0 Å². The maximum Gasteiger partial charge on any atom is 0.137 e. The smallest absolute Gasteiger partial charge is 0.137 e. The molecular weight excluding hydrogens is 222 g/mol. The molecule has 1 heterocycles. The molecule has 0 radical (unpaired) electrons. The van der Waals surface area contributed by atoms with E-state index in [1.165, 1.54) is 11.1 Å². The van der Waals surface area contributed by atoms with Crippen LogP contribution in [0, 0.1) is 0 Å². The molecule has 0 aliphatic carbocycles. The lowest BCUT2D eigenvalue weighted by Gasteiger charge is -2.07. The van der Waals surface area contributed by atoms with Crippen molar-refractivity contribution >= 4 is 0 Å². The molecule has 0 amide bonds. The third kappa shape index (κ3) is 3.10. The van der Waals surface area contributed by atoms with Crippen molar-refractivity contribution in [3.8, 4) is 16.9 Å². The first-order valence-corrected chi connectivity index (χ1v) is 5.80. The van der Waals surface area contributed by atoms with Gasteiger partial charge in [0, 0.05) is 13.2 Å². The van der Waals surface area contributed by atoms with Crippen LogP contribution < -0.4 is 4.74 Å². The molecule has 0 saturated heterocycles. The lowest BCUT2D eigenvalue weighted by atomic mass is 9.99. The highest BCUT2D eigenvalue weighted by Gasteiger charge is 2.02. The first-order chi connectivity index (χ1) is 8.20. The molecule has 0 fully saturated rings. The molecule has 0 bridgehead atoms. The number of aromatic nitrogens is 1. The first-order valence-electron chi connectivity index (χ1n) is 5.80. The number of hydrogen-bond donors (Lipinski definition) is 0. The van der Waals surface area contributed by atoms with Crippen LogP contribution in [0.5, 0.6) is 5.75 Å². The third-order valence-electron chi connectivity index (χ3n) is 2.86. The van der Waals surface area contributed by atoms with Gasteiger partial charge in [0.25, 0.3) is 0 Å². The molecule has 0 spiro atoms. The monoisotopic (exact) mass is 245 g/mol. The molecule has 0 aliphatic heterocycles. The molecule has 2 aromatic rings. The van der Waals surface area contributed by atoms with Gasteiger partial charge in [-0.2, -0.15) is 0 Å². The van der Waals surface area contributed by atoms with Crippen molar-refractivity contribution < 1.29 is 6.16 Å². The molecule has 2 nitrogen and oxygen atoms in total. The Hall–Kier alpha value is -1.83. The van der Waals surface area contributed by atoms with Crippen LogP contribution in [0.2, 0.25) is 0 Å². The highest BCUT2D eigenvalue weighted by Crippen LogP contribution is 2.24. The van der Waals surface area contributed by atoms with Gasteiger partial charge in [-0.05, 0) is 23.1 Å². The Balaban J connectivity index is 0.00000162. The highest BCUT2D eigenvalue weighted by atomic mass is 16.5. The van der Waals surface area contributed by atoms with Crippen molar-refractivity contribution in [3.63, 3.8) is 0 Å². The van der Waals surface area contributed by atoms with Crippen LogP contribution in [0.3, 0.4) is 0 Å².